The second-order valence-electron chi connectivity index (χ2n) is 6.06. The largest absolute Gasteiger partial charge is 0.345 e. The summed E-state index contributed by atoms with van der Waals surface area (Å²) >= 11 is 1.58. The molecule has 3 rings (SSSR count). The number of aromatic nitrogens is 1. The summed E-state index contributed by atoms with van der Waals surface area (Å²) in [5, 5.41) is 0.871. The molecule has 136 valence electrons. The van der Waals surface area contributed by atoms with Crippen LogP contribution in [0.4, 0.5) is 13.9 Å². The number of anilines is 1. The third-order valence-corrected chi connectivity index (χ3v) is 7.40. The number of sulfonamides is 1. The lowest BCUT2D eigenvalue weighted by Crippen LogP contribution is -2.48. The first-order chi connectivity index (χ1) is 11.7. The molecule has 0 spiro atoms. The van der Waals surface area contributed by atoms with Gasteiger partial charge in [-0.1, -0.05) is 0 Å². The van der Waals surface area contributed by atoms with Crippen molar-refractivity contribution in [2.24, 2.45) is 0 Å². The van der Waals surface area contributed by atoms with Gasteiger partial charge in [0.05, 0.1) is 5.69 Å². The minimum absolute atomic E-state index is 0.104. The molecule has 1 fully saturated rings. The van der Waals surface area contributed by atoms with E-state index in [1.54, 1.807) is 11.3 Å². The normalized spacial score (nSPS) is 16.4. The minimum Gasteiger partial charge on any atom is -0.345 e. The van der Waals surface area contributed by atoms with E-state index in [1.807, 2.05) is 18.7 Å². The van der Waals surface area contributed by atoms with Gasteiger partial charge in [0.25, 0.3) is 0 Å². The molecule has 0 radical (unpaired) electrons. The van der Waals surface area contributed by atoms with Gasteiger partial charge in [0, 0.05) is 37.1 Å². The van der Waals surface area contributed by atoms with Gasteiger partial charge in [-0.25, -0.2) is 22.2 Å². The number of rotatable bonds is 3. The number of hydrogen-bond donors (Lipinski definition) is 0. The first kappa shape index (κ1) is 18.2. The summed E-state index contributed by atoms with van der Waals surface area (Å²) in [6.07, 6.45) is 0. The molecular formula is C16H19F2N3O2S2. The Labute approximate surface area is 150 Å². The van der Waals surface area contributed by atoms with Gasteiger partial charge in [0.2, 0.25) is 10.0 Å². The minimum atomic E-state index is -3.99. The number of piperazine rings is 1. The lowest BCUT2D eigenvalue weighted by atomic mass is 10.2. The molecule has 2 aromatic rings. The maximum atomic E-state index is 14.0. The molecule has 2 heterocycles. The molecule has 25 heavy (non-hydrogen) atoms. The van der Waals surface area contributed by atoms with Gasteiger partial charge < -0.3 is 4.90 Å². The van der Waals surface area contributed by atoms with Crippen molar-refractivity contribution >= 4 is 26.5 Å². The van der Waals surface area contributed by atoms with Crippen LogP contribution in [0.5, 0.6) is 0 Å². The average Bonchev–Trinajstić information content (AvgIpc) is 2.90. The van der Waals surface area contributed by atoms with Gasteiger partial charge in [-0.2, -0.15) is 4.31 Å². The van der Waals surface area contributed by atoms with Gasteiger partial charge in [-0.05, 0) is 32.4 Å². The van der Waals surface area contributed by atoms with Gasteiger partial charge in [0.15, 0.2) is 5.13 Å². The highest BCUT2D eigenvalue weighted by Gasteiger charge is 2.32. The van der Waals surface area contributed by atoms with Crippen molar-refractivity contribution in [1.29, 1.82) is 0 Å². The zero-order valence-corrected chi connectivity index (χ0v) is 15.8. The highest BCUT2D eigenvalue weighted by atomic mass is 32.2. The molecule has 1 aliphatic rings. The molecule has 1 aliphatic heterocycles. The third-order valence-electron chi connectivity index (χ3n) is 4.36. The molecule has 0 aliphatic carbocycles. The molecule has 5 nitrogen and oxygen atoms in total. The summed E-state index contributed by atoms with van der Waals surface area (Å²) in [6.45, 7) is 6.78. The topological polar surface area (TPSA) is 53.5 Å². The SMILES string of the molecule is Cc1cc(S(=O)(=O)N2CCN(c3nc(C)c(C)s3)CC2)c(F)cc1F. The third kappa shape index (κ3) is 3.40. The fourth-order valence-electron chi connectivity index (χ4n) is 2.68. The van der Waals surface area contributed by atoms with Crippen LogP contribution >= 0.6 is 11.3 Å². The summed E-state index contributed by atoms with van der Waals surface area (Å²) in [4.78, 5) is 7.18. The Balaban J connectivity index is 1.79. The van der Waals surface area contributed by atoms with E-state index in [4.69, 9.17) is 0 Å². The van der Waals surface area contributed by atoms with Crippen molar-refractivity contribution in [3.8, 4) is 0 Å². The van der Waals surface area contributed by atoms with Crippen LogP contribution in [0.25, 0.3) is 0 Å². The van der Waals surface area contributed by atoms with Crippen molar-refractivity contribution in [3.63, 3.8) is 0 Å². The van der Waals surface area contributed by atoms with Gasteiger partial charge >= 0.3 is 0 Å². The maximum absolute atomic E-state index is 14.0. The molecule has 1 aromatic carbocycles. The lowest BCUT2D eigenvalue weighted by molar-refractivity contribution is 0.382. The Morgan fingerprint density at radius 1 is 1.04 bits per heavy atom. The van der Waals surface area contributed by atoms with E-state index in [1.165, 1.54) is 11.2 Å². The second-order valence-corrected chi connectivity index (χ2v) is 9.15. The molecule has 0 atom stereocenters. The van der Waals surface area contributed by atoms with Crippen LogP contribution in [0.1, 0.15) is 16.1 Å². The van der Waals surface area contributed by atoms with Crippen molar-refractivity contribution in [2.75, 3.05) is 31.1 Å². The number of thiazole rings is 1. The Hall–Kier alpha value is -1.58. The fourth-order valence-corrected chi connectivity index (χ4v) is 5.19. The molecular weight excluding hydrogens is 368 g/mol. The Morgan fingerprint density at radius 2 is 1.68 bits per heavy atom. The first-order valence-corrected chi connectivity index (χ1v) is 10.1. The highest BCUT2D eigenvalue weighted by Crippen LogP contribution is 2.28. The number of halogens is 2. The zero-order valence-electron chi connectivity index (χ0n) is 14.2. The van der Waals surface area contributed by atoms with E-state index in [2.05, 4.69) is 4.98 Å². The molecule has 1 aromatic heterocycles. The second kappa shape index (κ2) is 6.62. The van der Waals surface area contributed by atoms with Crippen LogP contribution in [0.15, 0.2) is 17.0 Å². The Kier molecular flexibility index (Phi) is 4.82. The quantitative estimate of drug-likeness (QED) is 0.813. The van der Waals surface area contributed by atoms with Gasteiger partial charge in [-0.3, -0.25) is 0 Å². The number of nitrogens with zero attached hydrogens (tertiary/aromatic N) is 3. The van der Waals surface area contributed by atoms with Gasteiger partial charge in [0.1, 0.15) is 16.5 Å². The predicted molar refractivity (Wildman–Crippen MR) is 93.7 cm³/mol. The summed E-state index contributed by atoms with van der Waals surface area (Å²) in [6, 6.07) is 1.68. The zero-order chi connectivity index (χ0) is 18.4. The van der Waals surface area contributed by atoms with Crippen molar-refractivity contribution < 1.29 is 17.2 Å². The molecule has 1 saturated heterocycles. The first-order valence-electron chi connectivity index (χ1n) is 7.85. The van der Waals surface area contributed by atoms with E-state index < -0.39 is 26.6 Å². The predicted octanol–water partition coefficient (Wildman–Crippen LogP) is 2.86. The van der Waals surface area contributed by atoms with Crippen LogP contribution in [-0.4, -0.2) is 43.9 Å². The number of hydrogen-bond acceptors (Lipinski definition) is 5. The standard InChI is InChI=1S/C16H19F2N3O2S2/c1-10-8-15(14(18)9-13(10)17)25(22,23)21-6-4-20(5-7-21)16-19-11(2)12(3)24-16/h8-9H,4-7H2,1-3H3. The van der Waals surface area contributed by atoms with Crippen molar-refractivity contribution in [1.82, 2.24) is 9.29 Å². The Bertz CT molecular complexity index is 885. The molecule has 9 heteroatoms. The van der Waals surface area contributed by atoms with E-state index in [-0.39, 0.29) is 18.7 Å². The van der Waals surface area contributed by atoms with Crippen LogP contribution in [0.3, 0.4) is 0 Å². The van der Waals surface area contributed by atoms with E-state index >= 15 is 0 Å². The van der Waals surface area contributed by atoms with E-state index in [0.29, 0.717) is 19.2 Å². The van der Waals surface area contributed by atoms with Crippen LogP contribution < -0.4 is 4.90 Å². The summed E-state index contributed by atoms with van der Waals surface area (Å²) in [5.74, 6) is -1.81. The lowest BCUT2D eigenvalue weighted by Gasteiger charge is -2.33. The Morgan fingerprint density at radius 3 is 2.24 bits per heavy atom. The smallest absolute Gasteiger partial charge is 0.246 e. The molecule has 0 N–H and O–H groups in total. The number of benzene rings is 1. The maximum Gasteiger partial charge on any atom is 0.246 e. The van der Waals surface area contributed by atoms with Gasteiger partial charge in [-0.15, -0.1) is 11.3 Å². The van der Waals surface area contributed by atoms with Crippen LogP contribution in [0.2, 0.25) is 0 Å². The van der Waals surface area contributed by atoms with Crippen molar-refractivity contribution in [2.45, 2.75) is 25.7 Å². The highest BCUT2D eigenvalue weighted by molar-refractivity contribution is 7.89. The average molecular weight is 387 g/mol. The van der Waals surface area contributed by atoms with Crippen LogP contribution in [-0.2, 0) is 10.0 Å². The van der Waals surface area contributed by atoms with E-state index in [9.17, 15) is 17.2 Å². The van der Waals surface area contributed by atoms with Crippen LogP contribution in [0, 0.1) is 32.4 Å². The summed E-state index contributed by atoms with van der Waals surface area (Å²) in [5.41, 5.74) is 1.08. The number of aryl methyl sites for hydroxylation is 3. The molecule has 0 amide bonds. The summed E-state index contributed by atoms with van der Waals surface area (Å²) < 4.78 is 54.1. The summed E-state index contributed by atoms with van der Waals surface area (Å²) in [7, 11) is -3.99. The fraction of sp³-hybridized carbons (Fsp3) is 0.438. The molecule has 0 bridgehead atoms. The molecule has 0 unspecified atom stereocenters. The monoisotopic (exact) mass is 387 g/mol. The van der Waals surface area contributed by atoms with E-state index in [0.717, 1.165) is 21.8 Å². The molecule has 0 saturated carbocycles. The van der Waals surface area contributed by atoms with Crippen molar-refractivity contribution in [3.05, 3.63) is 39.9 Å².